The second-order valence-corrected chi connectivity index (χ2v) is 8.82. The average molecular weight is 472 g/mol. The number of anilines is 1. The lowest BCUT2D eigenvalue weighted by Crippen LogP contribution is -2.41. The molecule has 2 N–H and O–H groups in total. The number of nitrogens with one attached hydrogen (secondary N) is 2. The van der Waals surface area contributed by atoms with Crippen LogP contribution >= 0.6 is 11.6 Å². The Morgan fingerprint density at radius 2 is 2.06 bits per heavy atom. The minimum atomic E-state index is -0.372. The second-order valence-electron chi connectivity index (χ2n) is 8.39. The maximum absolute atomic E-state index is 11.9. The molecule has 1 aromatic carbocycles. The third-order valence-electron chi connectivity index (χ3n) is 5.68. The number of carbonyl (C=O) groups excluding carboxylic acids is 1. The number of hydrogen-bond donors (Lipinski definition) is 2. The van der Waals surface area contributed by atoms with E-state index in [9.17, 15) is 4.79 Å². The molecule has 4 rings (SSSR count). The zero-order valence-electron chi connectivity index (χ0n) is 18.6. The molecule has 0 radical (unpaired) electrons. The zero-order chi connectivity index (χ0) is 22.9. The maximum atomic E-state index is 11.9. The van der Waals surface area contributed by atoms with E-state index in [-0.39, 0.29) is 12.2 Å². The summed E-state index contributed by atoms with van der Waals surface area (Å²) in [5.41, 5.74) is 4.25. The molecule has 2 fully saturated rings. The Kier molecular flexibility index (Phi) is 8.65. The molecule has 2 atom stereocenters. The zero-order valence-corrected chi connectivity index (χ0v) is 19.3. The largest absolute Gasteiger partial charge is 0.365 e. The first kappa shape index (κ1) is 23.6. The minimum Gasteiger partial charge on any atom is -0.365 e. The van der Waals surface area contributed by atoms with Gasteiger partial charge in [0.2, 0.25) is 0 Å². The van der Waals surface area contributed by atoms with Crippen molar-refractivity contribution in [3.05, 3.63) is 59.0 Å². The Morgan fingerprint density at radius 3 is 2.82 bits per heavy atom. The van der Waals surface area contributed by atoms with Crippen LogP contribution < -0.4 is 10.8 Å². The predicted molar refractivity (Wildman–Crippen MR) is 127 cm³/mol. The van der Waals surface area contributed by atoms with Gasteiger partial charge in [0.25, 0.3) is 5.91 Å². The highest BCUT2D eigenvalue weighted by molar-refractivity contribution is 6.30. The van der Waals surface area contributed by atoms with Gasteiger partial charge in [0.1, 0.15) is 5.82 Å². The second kappa shape index (κ2) is 12.1. The van der Waals surface area contributed by atoms with E-state index in [1.165, 1.54) is 11.6 Å². The SMILES string of the molecule is O=C(C=Cc1cnc(N[C@@H]2CCCN(Cc3ccc(Cl)cc3)C2)cn1)NOC1CCCCO1. The Bertz CT molecular complexity index is 917. The number of hydroxylamine groups is 1. The number of piperidine rings is 1. The highest BCUT2D eigenvalue weighted by Crippen LogP contribution is 2.18. The van der Waals surface area contributed by atoms with Gasteiger partial charge in [-0.15, -0.1) is 0 Å². The van der Waals surface area contributed by atoms with Crippen LogP contribution in [0.4, 0.5) is 5.82 Å². The van der Waals surface area contributed by atoms with Crippen LogP contribution in [0.2, 0.25) is 5.02 Å². The van der Waals surface area contributed by atoms with Crippen molar-refractivity contribution < 1.29 is 14.4 Å². The summed E-state index contributed by atoms with van der Waals surface area (Å²) in [6, 6.07) is 8.33. The number of ether oxygens (including phenoxy) is 1. The van der Waals surface area contributed by atoms with E-state index in [4.69, 9.17) is 21.2 Å². The Hall–Kier alpha value is -2.52. The average Bonchev–Trinajstić information content (AvgIpc) is 2.85. The molecule has 0 bridgehead atoms. The van der Waals surface area contributed by atoms with Crippen LogP contribution in [0.25, 0.3) is 6.08 Å². The van der Waals surface area contributed by atoms with Crippen LogP contribution in [0.15, 0.2) is 42.7 Å². The number of nitrogens with zero attached hydrogens (tertiary/aromatic N) is 3. The summed E-state index contributed by atoms with van der Waals surface area (Å²) >= 11 is 5.99. The van der Waals surface area contributed by atoms with Crippen molar-refractivity contribution in [1.29, 1.82) is 0 Å². The summed E-state index contributed by atoms with van der Waals surface area (Å²) < 4.78 is 5.41. The fraction of sp³-hybridized carbons (Fsp3) is 0.458. The van der Waals surface area contributed by atoms with Gasteiger partial charge in [-0.1, -0.05) is 23.7 Å². The van der Waals surface area contributed by atoms with E-state index < -0.39 is 0 Å². The molecule has 1 aromatic heterocycles. The van der Waals surface area contributed by atoms with Crippen molar-refractivity contribution in [2.24, 2.45) is 0 Å². The van der Waals surface area contributed by atoms with Crippen molar-refractivity contribution in [2.45, 2.75) is 51.0 Å². The molecule has 1 unspecified atom stereocenters. The molecule has 9 heteroatoms. The van der Waals surface area contributed by atoms with Gasteiger partial charge in [0.15, 0.2) is 6.29 Å². The summed E-state index contributed by atoms with van der Waals surface area (Å²) in [6.45, 7) is 3.59. The maximum Gasteiger partial charge on any atom is 0.267 e. The molecular formula is C24H30ClN5O3. The molecule has 2 aromatic rings. The standard InChI is InChI=1S/C24H30ClN5O3/c25-19-8-6-18(7-9-19)16-30-12-3-4-21(17-30)28-22-15-26-20(14-27-22)10-11-23(31)29-33-24-5-1-2-13-32-24/h6-11,14-15,21,24H,1-5,12-13,16-17H2,(H,27,28)(H,29,31)/t21-,24?/m1/s1. The highest BCUT2D eigenvalue weighted by Gasteiger charge is 2.20. The molecule has 33 heavy (non-hydrogen) atoms. The van der Waals surface area contributed by atoms with Crippen LogP contribution in [0.5, 0.6) is 0 Å². The normalized spacial score (nSPS) is 21.7. The number of rotatable bonds is 8. The topological polar surface area (TPSA) is 88.6 Å². The molecule has 0 spiro atoms. The van der Waals surface area contributed by atoms with Crippen molar-refractivity contribution in [1.82, 2.24) is 20.3 Å². The predicted octanol–water partition coefficient (Wildman–Crippen LogP) is 3.79. The van der Waals surface area contributed by atoms with Crippen LogP contribution in [0, 0.1) is 0 Å². The number of carbonyl (C=O) groups is 1. The number of aromatic nitrogens is 2. The summed E-state index contributed by atoms with van der Waals surface area (Å²) in [4.78, 5) is 28.4. The molecule has 2 aliphatic rings. The monoisotopic (exact) mass is 471 g/mol. The first-order valence-corrected chi connectivity index (χ1v) is 11.8. The Morgan fingerprint density at radius 1 is 1.18 bits per heavy atom. The molecular weight excluding hydrogens is 442 g/mol. The van der Waals surface area contributed by atoms with Crippen LogP contribution in [-0.2, 0) is 20.9 Å². The van der Waals surface area contributed by atoms with E-state index in [0.717, 1.165) is 62.6 Å². The molecule has 1 amide bonds. The van der Waals surface area contributed by atoms with Gasteiger partial charge < -0.3 is 10.1 Å². The van der Waals surface area contributed by atoms with Gasteiger partial charge in [-0.25, -0.2) is 15.3 Å². The third-order valence-corrected chi connectivity index (χ3v) is 5.94. The van der Waals surface area contributed by atoms with Gasteiger partial charge in [-0.05, 0) is 56.0 Å². The number of hydrogen-bond acceptors (Lipinski definition) is 7. The molecule has 0 aliphatic carbocycles. The van der Waals surface area contributed by atoms with Gasteiger partial charge in [-0.3, -0.25) is 14.7 Å². The quantitative estimate of drug-likeness (QED) is 0.447. The first-order chi connectivity index (χ1) is 16.1. The molecule has 3 heterocycles. The van der Waals surface area contributed by atoms with Crippen molar-refractivity contribution in [3.63, 3.8) is 0 Å². The van der Waals surface area contributed by atoms with Crippen molar-refractivity contribution in [2.75, 3.05) is 25.0 Å². The van der Waals surface area contributed by atoms with Gasteiger partial charge in [-0.2, -0.15) is 0 Å². The lowest BCUT2D eigenvalue weighted by atomic mass is 10.0. The fourth-order valence-corrected chi connectivity index (χ4v) is 4.12. The van der Waals surface area contributed by atoms with Crippen molar-refractivity contribution >= 4 is 29.4 Å². The number of benzene rings is 1. The molecule has 2 aliphatic heterocycles. The van der Waals surface area contributed by atoms with E-state index >= 15 is 0 Å². The van der Waals surface area contributed by atoms with Gasteiger partial charge >= 0.3 is 0 Å². The van der Waals surface area contributed by atoms with Crippen LogP contribution in [0.1, 0.15) is 43.4 Å². The lowest BCUT2D eigenvalue weighted by Gasteiger charge is -2.33. The van der Waals surface area contributed by atoms with E-state index in [1.54, 1.807) is 18.5 Å². The Balaban J connectivity index is 1.21. The molecule has 0 saturated carbocycles. The fourth-order valence-electron chi connectivity index (χ4n) is 4.00. The first-order valence-electron chi connectivity index (χ1n) is 11.4. The smallest absolute Gasteiger partial charge is 0.267 e. The van der Waals surface area contributed by atoms with Crippen LogP contribution in [-0.4, -0.2) is 52.8 Å². The number of amides is 1. The minimum absolute atomic E-state index is 0.312. The molecule has 8 nitrogen and oxygen atoms in total. The van der Waals surface area contributed by atoms with Gasteiger partial charge in [0.05, 0.1) is 18.1 Å². The van der Waals surface area contributed by atoms with Gasteiger partial charge in [0, 0.05) is 43.3 Å². The summed E-state index contributed by atoms with van der Waals surface area (Å²) in [6.07, 6.45) is 11.0. The summed E-state index contributed by atoms with van der Waals surface area (Å²) in [5, 5.41) is 4.24. The number of likely N-dealkylation sites (tertiary alicyclic amines) is 1. The Labute approximate surface area is 199 Å². The summed E-state index contributed by atoms with van der Waals surface area (Å²) in [7, 11) is 0. The van der Waals surface area contributed by atoms with Crippen molar-refractivity contribution in [3.8, 4) is 0 Å². The number of halogens is 1. The van der Waals surface area contributed by atoms with E-state index in [2.05, 4.69) is 37.8 Å². The lowest BCUT2D eigenvalue weighted by molar-refractivity contribution is -0.198. The summed E-state index contributed by atoms with van der Waals surface area (Å²) in [5.74, 6) is 0.365. The van der Waals surface area contributed by atoms with Crippen LogP contribution in [0.3, 0.4) is 0 Å². The highest BCUT2D eigenvalue weighted by atomic mass is 35.5. The molecule has 176 valence electrons. The molecule has 2 saturated heterocycles. The third kappa shape index (κ3) is 7.78. The van der Waals surface area contributed by atoms with E-state index in [1.807, 2.05) is 12.1 Å². The van der Waals surface area contributed by atoms with E-state index in [0.29, 0.717) is 18.3 Å².